The molecule has 0 radical (unpaired) electrons. The fraction of sp³-hybridized carbons (Fsp3) is 0.714. The molecule has 3 fully saturated rings. The van der Waals surface area contributed by atoms with Crippen molar-refractivity contribution in [3.05, 3.63) is 0 Å². The molecule has 22 heavy (non-hydrogen) atoms. The zero-order valence-electron chi connectivity index (χ0n) is 11.9. The number of imide groups is 1. The molecule has 1 N–H and O–H groups in total. The summed E-state index contributed by atoms with van der Waals surface area (Å²) in [7, 11) is 0. The number of ether oxygens (including phenoxy) is 2. The normalized spacial score (nSPS) is 32.5. The number of fused-ring (bicyclic) bond motifs is 5. The zero-order valence-corrected chi connectivity index (χ0v) is 11.9. The molecule has 3 aliphatic rings. The number of carbonyl (C=O) groups excluding carboxylic acids is 3. The number of hydrogen-bond donors (Lipinski definition) is 1. The molecule has 4 atom stereocenters. The fourth-order valence-corrected chi connectivity index (χ4v) is 3.53. The van der Waals surface area contributed by atoms with Crippen molar-refractivity contribution in [3.63, 3.8) is 0 Å². The van der Waals surface area contributed by atoms with E-state index in [9.17, 15) is 19.2 Å². The molecule has 0 aliphatic carbocycles. The van der Waals surface area contributed by atoms with E-state index in [2.05, 4.69) is 0 Å². The summed E-state index contributed by atoms with van der Waals surface area (Å²) >= 11 is 0. The summed E-state index contributed by atoms with van der Waals surface area (Å²) in [6, 6.07) is 0. The molecule has 8 heteroatoms. The molecule has 0 saturated carbocycles. The van der Waals surface area contributed by atoms with E-state index < -0.39 is 11.9 Å². The number of carboxylic acid groups (broad SMARTS) is 1. The monoisotopic (exact) mass is 311 g/mol. The highest BCUT2D eigenvalue weighted by molar-refractivity contribution is 6.06. The Morgan fingerprint density at radius 1 is 1.14 bits per heavy atom. The lowest BCUT2D eigenvalue weighted by molar-refractivity contribution is -0.151. The lowest BCUT2D eigenvalue weighted by Crippen LogP contribution is -2.37. The lowest BCUT2D eigenvalue weighted by atomic mass is 9.81. The van der Waals surface area contributed by atoms with Gasteiger partial charge in [-0.2, -0.15) is 0 Å². The van der Waals surface area contributed by atoms with E-state index in [0.29, 0.717) is 0 Å². The van der Waals surface area contributed by atoms with E-state index in [-0.39, 0.29) is 61.9 Å². The average Bonchev–Trinajstić information content (AvgIpc) is 3.14. The van der Waals surface area contributed by atoms with Crippen LogP contribution in [-0.4, -0.2) is 59.1 Å². The van der Waals surface area contributed by atoms with Gasteiger partial charge in [0.05, 0.1) is 43.4 Å². The Hall–Kier alpha value is -1.96. The van der Waals surface area contributed by atoms with Gasteiger partial charge in [-0.15, -0.1) is 0 Å². The van der Waals surface area contributed by atoms with Gasteiger partial charge in [0.25, 0.3) is 0 Å². The first-order valence-electron chi connectivity index (χ1n) is 7.37. The molecule has 120 valence electrons. The number of likely N-dealkylation sites (tertiary alicyclic amines) is 1. The molecule has 0 aromatic carbocycles. The van der Waals surface area contributed by atoms with Crippen molar-refractivity contribution in [1.29, 1.82) is 0 Å². The Morgan fingerprint density at radius 3 is 2.27 bits per heavy atom. The van der Waals surface area contributed by atoms with Crippen LogP contribution in [0.2, 0.25) is 0 Å². The van der Waals surface area contributed by atoms with Crippen LogP contribution in [0, 0.1) is 11.8 Å². The van der Waals surface area contributed by atoms with Gasteiger partial charge in [0.1, 0.15) is 6.61 Å². The fourth-order valence-electron chi connectivity index (χ4n) is 3.53. The summed E-state index contributed by atoms with van der Waals surface area (Å²) in [6.45, 7) is -0.0888. The Labute approximate surface area is 126 Å². The summed E-state index contributed by atoms with van der Waals surface area (Å²) in [5.41, 5.74) is 0. The van der Waals surface area contributed by atoms with Crippen molar-refractivity contribution in [2.45, 2.75) is 37.9 Å². The number of esters is 1. The SMILES string of the molecule is O=C(O)CCC(=O)OCCN1C(=O)C2C3CCC(O3)C2C1=O. The first kappa shape index (κ1) is 15.0. The largest absolute Gasteiger partial charge is 0.481 e. The van der Waals surface area contributed by atoms with E-state index in [4.69, 9.17) is 14.6 Å². The molecule has 8 nitrogen and oxygen atoms in total. The van der Waals surface area contributed by atoms with Gasteiger partial charge in [-0.1, -0.05) is 0 Å². The van der Waals surface area contributed by atoms with Gasteiger partial charge < -0.3 is 14.6 Å². The summed E-state index contributed by atoms with van der Waals surface area (Å²) in [6.07, 6.45) is 0.779. The third-order valence-corrected chi connectivity index (χ3v) is 4.50. The van der Waals surface area contributed by atoms with Crippen LogP contribution in [0.3, 0.4) is 0 Å². The van der Waals surface area contributed by atoms with Crippen molar-refractivity contribution in [1.82, 2.24) is 4.90 Å². The van der Waals surface area contributed by atoms with Crippen LogP contribution >= 0.6 is 0 Å². The van der Waals surface area contributed by atoms with E-state index in [0.717, 1.165) is 17.7 Å². The maximum atomic E-state index is 12.3. The first-order chi connectivity index (χ1) is 10.5. The molecule has 2 bridgehead atoms. The second-order valence-electron chi connectivity index (χ2n) is 5.78. The molecule has 2 amide bonds. The number of carboxylic acids is 1. The molecular weight excluding hydrogens is 294 g/mol. The van der Waals surface area contributed by atoms with Gasteiger partial charge in [0.2, 0.25) is 11.8 Å². The molecule has 0 aromatic heterocycles. The van der Waals surface area contributed by atoms with Crippen LogP contribution in [0.1, 0.15) is 25.7 Å². The van der Waals surface area contributed by atoms with Crippen LogP contribution in [0.4, 0.5) is 0 Å². The van der Waals surface area contributed by atoms with Gasteiger partial charge >= 0.3 is 11.9 Å². The number of carbonyl (C=O) groups is 4. The van der Waals surface area contributed by atoms with E-state index in [1.165, 1.54) is 0 Å². The highest BCUT2D eigenvalue weighted by atomic mass is 16.5. The number of aliphatic carboxylic acids is 1. The Bertz CT molecular complexity index is 503. The second kappa shape index (κ2) is 5.68. The minimum Gasteiger partial charge on any atom is -0.481 e. The lowest BCUT2D eigenvalue weighted by Gasteiger charge is -2.17. The molecule has 3 rings (SSSR count). The minimum atomic E-state index is -1.08. The van der Waals surface area contributed by atoms with Crippen LogP contribution in [0.5, 0.6) is 0 Å². The summed E-state index contributed by atoms with van der Waals surface area (Å²) in [5.74, 6) is -2.98. The van der Waals surface area contributed by atoms with Crippen LogP contribution in [0.25, 0.3) is 0 Å². The number of hydrogen-bond acceptors (Lipinski definition) is 6. The van der Waals surface area contributed by atoms with E-state index in [1.807, 2.05) is 0 Å². The van der Waals surface area contributed by atoms with Crippen molar-refractivity contribution < 1.29 is 33.8 Å². The Kier molecular flexibility index (Phi) is 3.86. The van der Waals surface area contributed by atoms with Gasteiger partial charge in [-0.05, 0) is 12.8 Å². The van der Waals surface area contributed by atoms with Gasteiger partial charge in [-0.3, -0.25) is 24.1 Å². The average molecular weight is 311 g/mol. The van der Waals surface area contributed by atoms with E-state index >= 15 is 0 Å². The Balaban J connectivity index is 1.49. The molecule has 3 saturated heterocycles. The Morgan fingerprint density at radius 2 is 1.73 bits per heavy atom. The third-order valence-electron chi connectivity index (χ3n) is 4.50. The maximum absolute atomic E-state index is 12.3. The summed E-state index contributed by atoms with van der Waals surface area (Å²) in [5, 5.41) is 8.46. The van der Waals surface area contributed by atoms with Crippen LogP contribution in [-0.2, 0) is 28.7 Å². The third kappa shape index (κ3) is 2.47. The topological polar surface area (TPSA) is 110 Å². The molecule has 0 spiro atoms. The van der Waals surface area contributed by atoms with Crippen molar-refractivity contribution in [2.75, 3.05) is 13.2 Å². The molecule has 3 aliphatic heterocycles. The van der Waals surface area contributed by atoms with Gasteiger partial charge in [-0.25, -0.2) is 0 Å². The van der Waals surface area contributed by atoms with Crippen molar-refractivity contribution in [3.8, 4) is 0 Å². The quantitative estimate of drug-likeness (QED) is 0.523. The second-order valence-corrected chi connectivity index (χ2v) is 5.78. The predicted octanol–water partition coefficient (Wildman–Crippen LogP) is -0.443. The van der Waals surface area contributed by atoms with Crippen molar-refractivity contribution in [2.24, 2.45) is 11.8 Å². The number of nitrogens with zero attached hydrogens (tertiary/aromatic N) is 1. The van der Waals surface area contributed by atoms with E-state index in [1.54, 1.807) is 0 Å². The molecule has 4 unspecified atom stereocenters. The standard InChI is InChI=1S/C14H17NO7/c16-9(17)3-4-10(18)21-6-5-15-13(19)11-7-1-2-8(22-7)12(11)14(15)20/h7-8,11-12H,1-6H2,(H,16,17). The zero-order chi connectivity index (χ0) is 15.9. The summed E-state index contributed by atoms with van der Waals surface area (Å²) in [4.78, 5) is 47.4. The van der Waals surface area contributed by atoms with Gasteiger partial charge in [0, 0.05) is 0 Å². The van der Waals surface area contributed by atoms with Crippen LogP contribution in [0.15, 0.2) is 0 Å². The molecular formula is C14H17NO7. The molecule has 0 aromatic rings. The highest BCUT2D eigenvalue weighted by Crippen LogP contribution is 2.48. The van der Waals surface area contributed by atoms with Crippen molar-refractivity contribution >= 4 is 23.8 Å². The smallest absolute Gasteiger partial charge is 0.306 e. The first-order valence-corrected chi connectivity index (χ1v) is 7.37. The number of rotatable bonds is 6. The summed E-state index contributed by atoms with van der Waals surface area (Å²) < 4.78 is 10.5. The van der Waals surface area contributed by atoms with Gasteiger partial charge in [0.15, 0.2) is 0 Å². The minimum absolute atomic E-state index is 0.0168. The maximum Gasteiger partial charge on any atom is 0.306 e. The molecule has 3 heterocycles. The highest BCUT2D eigenvalue weighted by Gasteiger charge is 2.62. The predicted molar refractivity (Wildman–Crippen MR) is 69.4 cm³/mol. The van der Waals surface area contributed by atoms with Crippen LogP contribution < -0.4 is 0 Å². The number of amides is 2.